The van der Waals surface area contributed by atoms with E-state index < -0.39 is 23.7 Å². The van der Waals surface area contributed by atoms with Gasteiger partial charge >= 0.3 is 5.97 Å². The molecule has 1 aliphatic rings. The van der Waals surface area contributed by atoms with Gasteiger partial charge in [-0.2, -0.15) is 0 Å². The minimum absolute atomic E-state index is 0.192. The molecule has 0 saturated carbocycles. The second kappa shape index (κ2) is 7.70. The van der Waals surface area contributed by atoms with E-state index in [1.807, 2.05) is 12.1 Å². The van der Waals surface area contributed by atoms with Crippen LogP contribution in [0.1, 0.15) is 17.3 Å². The van der Waals surface area contributed by atoms with Gasteiger partial charge in [0.2, 0.25) is 11.7 Å². The number of esters is 1. The zero-order valence-electron chi connectivity index (χ0n) is 14.0. The number of ketones is 1. The number of carbonyl (C=O) groups is 3. The smallest absolute Gasteiger partial charge is 0.326 e. The van der Waals surface area contributed by atoms with Gasteiger partial charge in [0.05, 0.1) is 11.4 Å². The van der Waals surface area contributed by atoms with E-state index in [4.69, 9.17) is 4.74 Å². The molecular formula is C19H16FNO4S. The van der Waals surface area contributed by atoms with Crippen LogP contribution in [-0.4, -0.2) is 36.1 Å². The minimum atomic E-state index is -1.03. The summed E-state index contributed by atoms with van der Waals surface area (Å²) in [5.74, 6) is -1.51. The van der Waals surface area contributed by atoms with E-state index in [-0.39, 0.29) is 23.8 Å². The summed E-state index contributed by atoms with van der Waals surface area (Å²) < 4.78 is 18.1. The molecule has 0 saturated heterocycles. The average molecular weight is 373 g/mol. The Morgan fingerprint density at radius 3 is 2.62 bits per heavy atom. The number of amides is 1. The Balaban J connectivity index is 1.66. The summed E-state index contributed by atoms with van der Waals surface area (Å²) in [7, 11) is 0. The van der Waals surface area contributed by atoms with Crippen LogP contribution >= 0.6 is 11.8 Å². The summed E-state index contributed by atoms with van der Waals surface area (Å²) in [5, 5.41) is 0. The highest BCUT2D eigenvalue weighted by Gasteiger charge is 2.28. The normalized spacial score (nSPS) is 14.5. The molecule has 2 aromatic carbocycles. The summed E-state index contributed by atoms with van der Waals surface area (Å²) in [6.45, 7) is 1.18. The molecule has 1 heterocycles. The van der Waals surface area contributed by atoms with Gasteiger partial charge in [-0.05, 0) is 43.3 Å². The van der Waals surface area contributed by atoms with E-state index in [1.54, 1.807) is 12.1 Å². The van der Waals surface area contributed by atoms with Crippen LogP contribution in [0.15, 0.2) is 53.4 Å². The number of nitrogens with zero attached hydrogens (tertiary/aromatic N) is 1. The van der Waals surface area contributed by atoms with Gasteiger partial charge in [0.25, 0.3) is 0 Å². The monoisotopic (exact) mass is 373 g/mol. The van der Waals surface area contributed by atoms with Crippen molar-refractivity contribution in [3.05, 3.63) is 59.9 Å². The topological polar surface area (TPSA) is 63.7 Å². The zero-order valence-corrected chi connectivity index (χ0v) is 14.8. The highest BCUT2D eigenvalue weighted by Crippen LogP contribution is 2.34. The number of ether oxygens (including phenoxy) is 1. The number of hydrogen-bond donors (Lipinski definition) is 0. The number of para-hydroxylation sites is 1. The molecule has 26 heavy (non-hydrogen) atoms. The maximum absolute atomic E-state index is 12.9. The molecule has 1 amide bonds. The van der Waals surface area contributed by atoms with Crippen molar-refractivity contribution in [2.45, 2.75) is 17.9 Å². The van der Waals surface area contributed by atoms with Gasteiger partial charge in [0, 0.05) is 10.5 Å². The number of thioether (sulfide) groups is 1. The van der Waals surface area contributed by atoms with Crippen LogP contribution in [-0.2, 0) is 14.3 Å². The molecule has 0 unspecified atom stereocenters. The predicted molar refractivity (Wildman–Crippen MR) is 95.8 cm³/mol. The first kappa shape index (κ1) is 18.1. The van der Waals surface area contributed by atoms with Crippen molar-refractivity contribution in [1.82, 2.24) is 0 Å². The Bertz CT molecular complexity index is 853. The highest BCUT2D eigenvalue weighted by atomic mass is 32.2. The first-order valence-electron chi connectivity index (χ1n) is 7.97. The number of hydrogen-bond acceptors (Lipinski definition) is 5. The molecule has 0 bridgehead atoms. The molecule has 0 fully saturated rings. The van der Waals surface area contributed by atoms with Crippen molar-refractivity contribution < 1.29 is 23.5 Å². The third kappa shape index (κ3) is 3.94. The number of rotatable bonds is 5. The van der Waals surface area contributed by atoms with Crippen molar-refractivity contribution in [2.75, 3.05) is 17.2 Å². The molecule has 1 atom stereocenters. The van der Waals surface area contributed by atoms with Gasteiger partial charge < -0.3 is 4.74 Å². The van der Waals surface area contributed by atoms with Crippen LogP contribution in [0.5, 0.6) is 0 Å². The molecule has 0 aromatic heterocycles. The van der Waals surface area contributed by atoms with Crippen LogP contribution in [0.4, 0.5) is 10.1 Å². The highest BCUT2D eigenvalue weighted by molar-refractivity contribution is 8.00. The SMILES string of the molecule is C[C@@H](OC(=O)CN1C(=O)CSc2ccccc21)C(=O)c1ccc(F)cc1. The molecule has 0 aliphatic carbocycles. The van der Waals surface area contributed by atoms with E-state index >= 15 is 0 Å². The van der Waals surface area contributed by atoms with Gasteiger partial charge in [0.1, 0.15) is 12.4 Å². The largest absolute Gasteiger partial charge is 0.453 e. The molecule has 1 aliphatic heterocycles. The van der Waals surface area contributed by atoms with Crippen molar-refractivity contribution >= 4 is 35.1 Å². The van der Waals surface area contributed by atoms with Crippen molar-refractivity contribution in [3.8, 4) is 0 Å². The predicted octanol–water partition coefficient (Wildman–Crippen LogP) is 3.08. The number of halogens is 1. The summed E-state index contributed by atoms with van der Waals surface area (Å²) >= 11 is 1.42. The molecule has 134 valence electrons. The summed E-state index contributed by atoms with van der Waals surface area (Å²) in [6, 6.07) is 12.3. The van der Waals surface area contributed by atoms with E-state index in [0.29, 0.717) is 5.69 Å². The van der Waals surface area contributed by atoms with Crippen molar-refractivity contribution in [2.24, 2.45) is 0 Å². The maximum atomic E-state index is 12.9. The number of carbonyl (C=O) groups excluding carboxylic acids is 3. The average Bonchev–Trinajstić information content (AvgIpc) is 2.64. The summed E-state index contributed by atoms with van der Waals surface area (Å²) in [6.07, 6.45) is -1.03. The molecule has 7 heteroatoms. The third-order valence-corrected chi connectivity index (χ3v) is 4.95. The lowest BCUT2D eigenvalue weighted by Crippen LogP contribution is -2.41. The Kier molecular flexibility index (Phi) is 5.37. The second-order valence-corrected chi connectivity index (χ2v) is 6.76. The second-order valence-electron chi connectivity index (χ2n) is 5.74. The zero-order chi connectivity index (χ0) is 18.7. The lowest BCUT2D eigenvalue weighted by molar-refractivity contribution is -0.145. The Morgan fingerprint density at radius 2 is 1.88 bits per heavy atom. The van der Waals surface area contributed by atoms with Gasteiger partial charge in [-0.15, -0.1) is 11.8 Å². The fraction of sp³-hybridized carbons (Fsp3) is 0.211. The Hall–Kier alpha value is -2.67. The van der Waals surface area contributed by atoms with Gasteiger partial charge in [-0.25, -0.2) is 4.39 Å². The standard InChI is InChI=1S/C19H16FNO4S/c1-12(19(24)13-6-8-14(20)9-7-13)25-18(23)10-21-15-4-2-3-5-16(15)26-11-17(21)22/h2-9,12H,10-11H2,1H3/t12-/m1/s1. The van der Waals surface area contributed by atoms with Gasteiger partial charge in [-0.3, -0.25) is 19.3 Å². The van der Waals surface area contributed by atoms with Crippen molar-refractivity contribution in [1.29, 1.82) is 0 Å². The Labute approximate surface area is 154 Å². The van der Waals surface area contributed by atoms with Crippen LogP contribution < -0.4 is 4.90 Å². The fourth-order valence-electron chi connectivity index (χ4n) is 2.59. The van der Waals surface area contributed by atoms with E-state index in [2.05, 4.69) is 0 Å². The van der Waals surface area contributed by atoms with Gasteiger partial charge in [-0.1, -0.05) is 12.1 Å². The van der Waals surface area contributed by atoms with Crippen LogP contribution in [0.3, 0.4) is 0 Å². The summed E-state index contributed by atoms with van der Waals surface area (Å²) in [5.41, 5.74) is 0.908. The van der Waals surface area contributed by atoms with E-state index in [0.717, 1.165) is 4.90 Å². The van der Waals surface area contributed by atoms with Gasteiger partial charge in [0.15, 0.2) is 6.10 Å². The molecule has 0 radical (unpaired) electrons. The lowest BCUT2D eigenvalue weighted by Gasteiger charge is -2.28. The molecule has 0 spiro atoms. The summed E-state index contributed by atoms with van der Waals surface area (Å²) in [4.78, 5) is 38.9. The van der Waals surface area contributed by atoms with Crippen LogP contribution in [0, 0.1) is 5.82 Å². The minimum Gasteiger partial charge on any atom is -0.453 e. The van der Waals surface area contributed by atoms with E-state index in [9.17, 15) is 18.8 Å². The number of benzene rings is 2. The maximum Gasteiger partial charge on any atom is 0.326 e. The van der Waals surface area contributed by atoms with Crippen LogP contribution in [0.2, 0.25) is 0 Å². The van der Waals surface area contributed by atoms with Crippen molar-refractivity contribution in [3.63, 3.8) is 0 Å². The van der Waals surface area contributed by atoms with Crippen LogP contribution in [0.25, 0.3) is 0 Å². The third-order valence-electron chi connectivity index (χ3n) is 3.90. The Morgan fingerprint density at radius 1 is 1.19 bits per heavy atom. The number of Topliss-reactive ketones (excluding diaryl/α,β-unsaturated/α-hetero) is 1. The first-order chi connectivity index (χ1) is 12.5. The molecular weight excluding hydrogens is 357 g/mol. The van der Waals surface area contributed by atoms with E-state index in [1.165, 1.54) is 47.9 Å². The molecule has 5 nitrogen and oxygen atoms in total. The quantitative estimate of drug-likeness (QED) is 0.595. The molecule has 2 aromatic rings. The number of fused-ring (bicyclic) bond motifs is 1. The lowest BCUT2D eigenvalue weighted by atomic mass is 10.1. The number of anilines is 1. The molecule has 0 N–H and O–H groups in total. The molecule has 3 rings (SSSR count). The fourth-order valence-corrected chi connectivity index (χ4v) is 3.53. The first-order valence-corrected chi connectivity index (χ1v) is 8.95.